The van der Waals surface area contributed by atoms with Crippen LogP contribution in [-0.2, 0) is 6.54 Å². The van der Waals surface area contributed by atoms with Gasteiger partial charge in [-0.05, 0) is 56.3 Å². The number of rotatable bonds is 9. The van der Waals surface area contributed by atoms with Crippen molar-refractivity contribution in [3.8, 4) is 0 Å². The van der Waals surface area contributed by atoms with Gasteiger partial charge in [-0.25, -0.2) is 0 Å². The third kappa shape index (κ3) is 8.81. The molecule has 1 atom stereocenters. The van der Waals surface area contributed by atoms with E-state index in [0.717, 1.165) is 31.6 Å². The number of hydrogen-bond donors (Lipinski definition) is 2. The van der Waals surface area contributed by atoms with Gasteiger partial charge in [0.05, 0.1) is 12.1 Å². The Morgan fingerprint density at radius 2 is 2.04 bits per heavy atom. The molecule has 0 aromatic heterocycles. The third-order valence-corrected chi connectivity index (χ3v) is 4.74. The quantitative estimate of drug-likeness (QED) is 0.513. The fraction of sp³-hybridized carbons (Fsp3) is 0.632. The second kappa shape index (κ2) is 12.4. The van der Waals surface area contributed by atoms with E-state index in [1.54, 1.807) is 0 Å². The van der Waals surface area contributed by atoms with E-state index in [1.807, 2.05) is 24.3 Å². The monoisotopic (exact) mass is 368 g/mol. The Morgan fingerprint density at radius 3 is 2.64 bits per heavy atom. The molecule has 1 fully saturated rings. The predicted molar refractivity (Wildman–Crippen MR) is 107 cm³/mol. The minimum Gasteiger partial charge on any atom is -0.317 e. The summed E-state index contributed by atoms with van der Waals surface area (Å²) in [5, 5.41) is 8.97. The zero-order chi connectivity index (χ0) is 18.7. The number of halogens is 1. The first-order valence-electron chi connectivity index (χ1n) is 8.91. The van der Waals surface area contributed by atoms with E-state index in [-0.39, 0.29) is 0 Å². The highest BCUT2D eigenvalue weighted by molar-refractivity contribution is 7.94. The molecule has 2 rings (SSSR count). The molecular formula is C19H33FN4S. The maximum Gasteiger partial charge on any atom is 0.0812 e. The maximum absolute atomic E-state index is 12.4. The summed E-state index contributed by atoms with van der Waals surface area (Å²) in [4.78, 5) is 5.63. The van der Waals surface area contributed by atoms with Crippen LogP contribution in [0.5, 0.6) is 0 Å². The second-order valence-corrected chi connectivity index (χ2v) is 7.78. The highest BCUT2D eigenvalue weighted by Gasteiger charge is 2.23. The minimum atomic E-state index is 0.295. The van der Waals surface area contributed by atoms with Crippen LogP contribution < -0.4 is 5.32 Å². The molecule has 2 N–H and O–H groups in total. The van der Waals surface area contributed by atoms with Gasteiger partial charge in [0.25, 0.3) is 0 Å². The molecule has 142 valence electrons. The zero-order valence-corrected chi connectivity index (χ0v) is 16.6. The highest BCUT2D eigenvalue weighted by Crippen LogP contribution is 2.19. The van der Waals surface area contributed by atoms with Crippen molar-refractivity contribution in [3.63, 3.8) is 0 Å². The van der Waals surface area contributed by atoms with Gasteiger partial charge in [0.2, 0.25) is 0 Å². The largest absolute Gasteiger partial charge is 0.317 e. The average Bonchev–Trinajstić information content (AvgIpc) is 3.03. The van der Waals surface area contributed by atoms with E-state index >= 15 is 0 Å². The normalized spacial score (nSPS) is 17.8. The van der Waals surface area contributed by atoms with Gasteiger partial charge in [-0.15, -0.1) is 0 Å². The lowest BCUT2D eigenvalue weighted by atomic mass is 10.1. The molecule has 25 heavy (non-hydrogen) atoms. The zero-order valence-electron chi connectivity index (χ0n) is 15.8. The summed E-state index contributed by atoms with van der Waals surface area (Å²) in [5.41, 5.74) is 1.19. The van der Waals surface area contributed by atoms with Crippen molar-refractivity contribution in [3.05, 3.63) is 29.8 Å². The van der Waals surface area contributed by atoms with E-state index in [0.29, 0.717) is 17.0 Å². The molecule has 4 nitrogen and oxygen atoms in total. The Kier molecular flexibility index (Phi) is 11.0. The van der Waals surface area contributed by atoms with Crippen LogP contribution in [0, 0.1) is 17.2 Å². The Morgan fingerprint density at radius 1 is 1.36 bits per heavy atom. The number of nitrogens with one attached hydrogen (secondary N) is 2. The summed E-state index contributed by atoms with van der Waals surface area (Å²) in [7, 11) is 2.18. The van der Waals surface area contributed by atoms with E-state index in [1.165, 1.54) is 31.6 Å². The van der Waals surface area contributed by atoms with Crippen LogP contribution in [0.2, 0.25) is 0 Å². The minimum absolute atomic E-state index is 0.295. The van der Waals surface area contributed by atoms with Crippen molar-refractivity contribution in [1.29, 1.82) is 5.41 Å². The summed E-state index contributed by atoms with van der Waals surface area (Å²) in [6.45, 7) is 13.7. The van der Waals surface area contributed by atoms with Gasteiger partial charge in [-0.1, -0.05) is 26.0 Å². The molecule has 0 amide bonds. The van der Waals surface area contributed by atoms with Crippen LogP contribution in [0.4, 0.5) is 3.89 Å². The number of benzene rings is 1. The topological polar surface area (TPSA) is 42.4 Å². The van der Waals surface area contributed by atoms with Crippen molar-refractivity contribution in [2.24, 2.45) is 11.8 Å². The fourth-order valence-electron chi connectivity index (χ4n) is 3.30. The standard InChI is InChI=1S/C18H30FN3S.CH3N/c1-15(2)11-22-9-8-17(13-22)12-21(3)14-20-10-16-4-6-18(23-19)7-5-16;1-2/h4-7,15,17,20H,8-14H2,1-3H3;2H,1H2. The molecule has 1 aromatic rings. The Labute approximate surface area is 157 Å². The van der Waals surface area contributed by atoms with E-state index in [2.05, 4.69) is 42.7 Å². The van der Waals surface area contributed by atoms with Gasteiger partial charge in [0.15, 0.2) is 0 Å². The van der Waals surface area contributed by atoms with Crippen molar-refractivity contribution in [2.75, 3.05) is 39.9 Å². The van der Waals surface area contributed by atoms with Crippen molar-refractivity contribution >= 4 is 18.9 Å². The van der Waals surface area contributed by atoms with Gasteiger partial charge in [-0.3, -0.25) is 4.90 Å². The molecule has 1 saturated heterocycles. The maximum atomic E-state index is 12.4. The molecule has 0 bridgehead atoms. The Balaban J connectivity index is 0.00000151. The first kappa shape index (κ1) is 22.1. The van der Waals surface area contributed by atoms with Crippen LogP contribution in [0.15, 0.2) is 29.2 Å². The van der Waals surface area contributed by atoms with Crippen molar-refractivity contribution < 1.29 is 3.89 Å². The number of hydrogen-bond acceptors (Lipinski definition) is 5. The molecule has 0 radical (unpaired) electrons. The van der Waals surface area contributed by atoms with E-state index < -0.39 is 0 Å². The average molecular weight is 369 g/mol. The summed E-state index contributed by atoms with van der Waals surface area (Å²) < 4.78 is 12.4. The Bertz CT molecular complexity index is 469. The Hall–Kier alpha value is -0.950. The molecule has 1 aromatic carbocycles. The molecule has 0 spiro atoms. The molecule has 1 heterocycles. The number of likely N-dealkylation sites (tertiary alicyclic amines) is 1. The highest BCUT2D eigenvalue weighted by atomic mass is 32.2. The van der Waals surface area contributed by atoms with Gasteiger partial charge in [0.1, 0.15) is 0 Å². The molecule has 6 heteroatoms. The summed E-state index contributed by atoms with van der Waals surface area (Å²) in [6.07, 6.45) is 1.32. The van der Waals surface area contributed by atoms with E-state index in [4.69, 9.17) is 5.41 Å². The molecule has 0 aliphatic carbocycles. The SMILES string of the molecule is C=N.CC(C)CN1CCC(CN(C)CNCc2ccc(SF)cc2)C1. The third-order valence-electron chi connectivity index (χ3n) is 4.29. The van der Waals surface area contributed by atoms with Crippen LogP contribution in [0.1, 0.15) is 25.8 Å². The predicted octanol–water partition coefficient (Wildman–Crippen LogP) is 3.89. The first-order valence-corrected chi connectivity index (χ1v) is 9.63. The molecule has 1 unspecified atom stereocenters. The molecule has 0 saturated carbocycles. The van der Waals surface area contributed by atoms with Gasteiger partial charge in [0, 0.05) is 37.7 Å². The lowest BCUT2D eigenvalue weighted by molar-refractivity contribution is 0.240. The molecule has 1 aliphatic rings. The van der Waals surface area contributed by atoms with E-state index in [9.17, 15) is 3.89 Å². The van der Waals surface area contributed by atoms with Crippen molar-refractivity contribution in [1.82, 2.24) is 15.1 Å². The van der Waals surface area contributed by atoms with Crippen LogP contribution >= 0.6 is 12.1 Å². The molecule has 1 aliphatic heterocycles. The summed E-state index contributed by atoms with van der Waals surface area (Å²) in [5.74, 6) is 1.55. The number of nitrogens with zero attached hydrogens (tertiary/aromatic N) is 2. The van der Waals surface area contributed by atoms with Crippen LogP contribution in [-0.4, -0.2) is 56.4 Å². The second-order valence-electron chi connectivity index (χ2n) is 7.15. The first-order chi connectivity index (χ1) is 12.1. The van der Waals surface area contributed by atoms with Gasteiger partial charge in [-0.2, -0.15) is 3.89 Å². The van der Waals surface area contributed by atoms with Crippen LogP contribution in [0.3, 0.4) is 0 Å². The van der Waals surface area contributed by atoms with Gasteiger partial charge >= 0.3 is 0 Å². The molecular weight excluding hydrogens is 335 g/mol. The van der Waals surface area contributed by atoms with Crippen LogP contribution in [0.25, 0.3) is 0 Å². The summed E-state index contributed by atoms with van der Waals surface area (Å²) in [6, 6.07) is 7.62. The summed E-state index contributed by atoms with van der Waals surface area (Å²) >= 11 is 0.295. The lowest BCUT2D eigenvalue weighted by Crippen LogP contribution is -2.35. The lowest BCUT2D eigenvalue weighted by Gasteiger charge is -2.22. The van der Waals surface area contributed by atoms with Gasteiger partial charge < -0.3 is 15.6 Å². The fourth-order valence-corrected chi connectivity index (χ4v) is 3.54. The smallest absolute Gasteiger partial charge is 0.0812 e. The van der Waals surface area contributed by atoms with Crippen molar-refractivity contribution in [2.45, 2.75) is 31.7 Å².